The first-order valence-electron chi connectivity index (χ1n) is 8.82. The highest BCUT2D eigenvalue weighted by molar-refractivity contribution is 14.0. The summed E-state index contributed by atoms with van der Waals surface area (Å²) in [4.78, 5) is 8.62. The van der Waals surface area contributed by atoms with Gasteiger partial charge in [0.15, 0.2) is 11.8 Å². The van der Waals surface area contributed by atoms with Gasteiger partial charge in [-0.2, -0.15) is 4.98 Å². The molecule has 7 heteroatoms. The maximum Gasteiger partial charge on any atom is 0.228 e. The monoisotopic (exact) mass is 471 g/mol. The molecule has 1 heterocycles. The Morgan fingerprint density at radius 2 is 1.69 bits per heavy atom. The molecule has 0 aliphatic heterocycles. The second kappa shape index (κ2) is 11.2. The number of aromatic nitrogens is 2. The minimum absolute atomic E-state index is 0. The molecule has 0 aliphatic rings. The number of benzene rings is 1. The molecule has 6 nitrogen and oxygen atoms in total. The van der Waals surface area contributed by atoms with Gasteiger partial charge in [-0.3, -0.25) is 4.99 Å². The number of halogens is 1. The minimum Gasteiger partial charge on any atom is -0.356 e. The quantitative estimate of drug-likeness (QED) is 0.368. The predicted molar refractivity (Wildman–Crippen MR) is 116 cm³/mol. The van der Waals surface area contributed by atoms with Gasteiger partial charge in [0, 0.05) is 32.5 Å². The fourth-order valence-corrected chi connectivity index (χ4v) is 2.65. The molecule has 144 valence electrons. The number of nitrogens with one attached hydrogen (secondary N) is 2. The lowest BCUT2D eigenvalue weighted by atomic mass is 10.1. The number of aryl methyl sites for hydroxylation is 2. The molecule has 2 N–H and O–H groups in total. The minimum atomic E-state index is 0. The summed E-state index contributed by atoms with van der Waals surface area (Å²) in [6, 6.07) is 6.65. The molecule has 0 saturated carbocycles. The van der Waals surface area contributed by atoms with E-state index in [-0.39, 0.29) is 29.9 Å². The van der Waals surface area contributed by atoms with Crippen LogP contribution in [0.25, 0.3) is 0 Å². The molecule has 0 aliphatic carbocycles. The van der Waals surface area contributed by atoms with Gasteiger partial charge in [0.25, 0.3) is 0 Å². The molecule has 0 spiro atoms. The van der Waals surface area contributed by atoms with Gasteiger partial charge in [-0.1, -0.05) is 48.3 Å². The van der Waals surface area contributed by atoms with Crippen LogP contribution in [-0.4, -0.2) is 36.2 Å². The molecule has 0 unspecified atom stereocenters. The molecule has 26 heavy (non-hydrogen) atoms. The van der Waals surface area contributed by atoms with E-state index in [2.05, 4.69) is 57.8 Å². The third-order valence-electron chi connectivity index (χ3n) is 3.84. The Labute approximate surface area is 173 Å². The first kappa shape index (κ1) is 22.4. The van der Waals surface area contributed by atoms with Crippen molar-refractivity contribution in [3.8, 4) is 0 Å². The maximum atomic E-state index is 5.24. The van der Waals surface area contributed by atoms with Crippen LogP contribution in [0.5, 0.6) is 0 Å². The van der Waals surface area contributed by atoms with Gasteiger partial charge in [-0.25, -0.2) is 0 Å². The lowest BCUT2D eigenvalue weighted by Gasteiger charge is -2.11. The van der Waals surface area contributed by atoms with Crippen LogP contribution in [0, 0.1) is 13.8 Å². The summed E-state index contributed by atoms with van der Waals surface area (Å²) in [7, 11) is 1.77. The van der Waals surface area contributed by atoms with Crippen LogP contribution < -0.4 is 10.6 Å². The summed E-state index contributed by atoms with van der Waals surface area (Å²) in [5.74, 6) is 2.48. The van der Waals surface area contributed by atoms with Gasteiger partial charge in [0.2, 0.25) is 5.89 Å². The van der Waals surface area contributed by atoms with Crippen molar-refractivity contribution in [2.45, 2.75) is 46.5 Å². The molecule has 0 radical (unpaired) electrons. The molecule has 0 saturated heterocycles. The standard InChI is InChI=1S/C19H29N5O.HI/c1-13(2)18-23-17(25-24-18)7-9-22-19(20-5)21-8-6-16-11-14(3)10-15(4)12-16;/h10-13H,6-9H2,1-5H3,(H2,20,21,22);1H. The van der Waals surface area contributed by atoms with E-state index in [0.717, 1.165) is 24.7 Å². The fraction of sp³-hybridized carbons (Fsp3) is 0.526. The van der Waals surface area contributed by atoms with Gasteiger partial charge < -0.3 is 15.2 Å². The SMILES string of the molecule is CN=C(NCCc1cc(C)cc(C)c1)NCCc1nc(C(C)C)no1.I. The Hall–Kier alpha value is -1.64. The van der Waals surface area contributed by atoms with E-state index in [4.69, 9.17) is 4.52 Å². The van der Waals surface area contributed by atoms with E-state index in [1.165, 1.54) is 16.7 Å². The largest absolute Gasteiger partial charge is 0.356 e. The zero-order valence-corrected chi connectivity index (χ0v) is 18.6. The highest BCUT2D eigenvalue weighted by Gasteiger charge is 2.09. The third-order valence-corrected chi connectivity index (χ3v) is 3.84. The molecule has 0 bridgehead atoms. The van der Waals surface area contributed by atoms with Crippen LogP contribution in [0.2, 0.25) is 0 Å². The molecule has 2 aromatic rings. The van der Waals surface area contributed by atoms with Crippen molar-refractivity contribution in [2.75, 3.05) is 20.1 Å². The van der Waals surface area contributed by atoms with Gasteiger partial charge in [0.1, 0.15) is 0 Å². The summed E-state index contributed by atoms with van der Waals surface area (Å²) in [5, 5.41) is 10.6. The summed E-state index contributed by atoms with van der Waals surface area (Å²) >= 11 is 0. The molecular weight excluding hydrogens is 441 g/mol. The highest BCUT2D eigenvalue weighted by atomic mass is 127. The van der Waals surface area contributed by atoms with Gasteiger partial charge in [-0.15, -0.1) is 24.0 Å². The Bertz CT molecular complexity index is 691. The predicted octanol–water partition coefficient (Wildman–Crippen LogP) is 3.38. The number of aliphatic imine (C=N–C) groups is 1. The second-order valence-corrected chi connectivity index (χ2v) is 6.62. The van der Waals surface area contributed by atoms with E-state index in [1.54, 1.807) is 7.05 Å². The topological polar surface area (TPSA) is 75.3 Å². The highest BCUT2D eigenvalue weighted by Crippen LogP contribution is 2.10. The van der Waals surface area contributed by atoms with Crippen molar-refractivity contribution in [2.24, 2.45) is 4.99 Å². The van der Waals surface area contributed by atoms with Crippen molar-refractivity contribution < 1.29 is 4.52 Å². The number of guanidine groups is 1. The summed E-state index contributed by atoms with van der Waals surface area (Å²) in [5.41, 5.74) is 3.95. The van der Waals surface area contributed by atoms with Crippen LogP contribution in [0.1, 0.15) is 48.2 Å². The Morgan fingerprint density at radius 3 is 2.23 bits per heavy atom. The van der Waals surface area contributed by atoms with Crippen LogP contribution >= 0.6 is 24.0 Å². The normalized spacial score (nSPS) is 11.4. The van der Waals surface area contributed by atoms with Crippen molar-refractivity contribution in [1.82, 2.24) is 20.8 Å². The second-order valence-electron chi connectivity index (χ2n) is 6.62. The number of hydrogen-bond donors (Lipinski definition) is 2. The Kier molecular flexibility index (Phi) is 9.61. The molecule has 0 amide bonds. The number of hydrogen-bond acceptors (Lipinski definition) is 4. The average Bonchev–Trinajstić information content (AvgIpc) is 3.01. The van der Waals surface area contributed by atoms with Crippen molar-refractivity contribution in [3.63, 3.8) is 0 Å². The van der Waals surface area contributed by atoms with E-state index >= 15 is 0 Å². The third kappa shape index (κ3) is 7.31. The van der Waals surface area contributed by atoms with Crippen LogP contribution in [0.4, 0.5) is 0 Å². The van der Waals surface area contributed by atoms with E-state index < -0.39 is 0 Å². The molecule has 2 rings (SSSR count). The maximum absolute atomic E-state index is 5.24. The number of nitrogens with zero attached hydrogens (tertiary/aromatic N) is 3. The van der Waals surface area contributed by atoms with Crippen molar-refractivity contribution in [3.05, 3.63) is 46.6 Å². The van der Waals surface area contributed by atoms with Crippen molar-refractivity contribution >= 4 is 29.9 Å². The molecule has 0 fully saturated rings. The lowest BCUT2D eigenvalue weighted by molar-refractivity contribution is 0.371. The van der Waals surface area contributed by atoms with Crippen LogP contribution in [0.15, 0.2) is 27.7 Å². The van der Waals surface area contributed by atoms with E-state index in [0.29, 0.717) is 18.9 Å². The van der Waals surface area contributed by atoms with Gasteiger partial charge in [0.05, 0.1) is 0 Å². The summed E-state index contributed by atoms with van der Waals surface area (Å²) in [6.45, 7) is 9.89. The first-order valence-corrected chi connectivity index (χ1v) is 8.82. The fourth-order valence-electron chi connectivity index (χ4n) is 2.65. The van der Waals surface area contributed by atoms with Crippen molar-refractivity contribution in [1.29, 1.82) is 0 Å². The van der Waals surface area contributed by atoms with Crippen LogP contribution in [0.3, 0.4) is 0 Å². The molecular formula is C19H30IN5O. The number of rotatable bonds is 7. The van der Waals surface area contributed by atoms with Crippen LogP contribution in [-0.2, 0) is 12.8 Å². The Balaban J connectivity index is 0.00000338. The summed E-state index contributed by atoms with van der Waals surface area (Å²) in [6.07, 6.45) is 1.64. The lowest BCUT2D eigenvalue weighted by Crippen LogP contribution is -2.39. The molecule has 1 aromatic heterocycles. The van der Waals surface area contributed by atoms with E-state index in [9.17, 15) is 0 Å². The average molecular weight is 471 g/mol. The van der Waals surface area contributed by atoms with Gasteiger partial charge >= 0.3 is 0 Å². The smallest absolute Gasteiger partial charge is 0.228 e. The van der Waals surface area contributed by atoms with E-state index in [1.807, 2.05) is 13.8 Å². The Morgan fingerprint density at radius 1 is 1.08 bits per heavy atom. The zero-order chi connectivity index (χ0) is 18.2. The summed E-state index contributed by atoms with van der Waals surface area (Å²) < 4.78 is 5.24. The van der Waals surface area contributed by atoms with Gasteiger partial charge in [-0.05, 0) is 25.8 Å². The first-order chi connectivity index (χ1) is 12.0. The molecule has 1 aromatic carbocycles. The molecule has 0 atom stereocenters. The zero-order valence-electron chi connectivity index (χ0n) is 16.3.